The molecule has 0 unspecified atom stereocenters. The Kier molecular flexibility index (Phi) is 6.21. The number of halogens is 2. The van der Waals surface area contributed by atoms with E-state index in [1.807, 2.05) is 13.8 Å². The van der Waals surface area contributed by atoms with Gasteiger partial charge in [-0.2, -0.15) is 15.3 Å². The minimum absolute atomic E-state index is 0.190. The molecule has 0 radical (unpaired) electrons. The summed E-state index contributed by atoms with van der Waals surface area (Å²) in [5, 5.41) is 21.6. The van der Waals surface area contributed by atoms with Crippen LogP contribution in [0.1, 0.15) is 33.6 Å². The van der Waals surface area contributed by atoms with Gasteiger partial charge in [0.2, 0.25) is 0 Å². The molecule has 4 aromatic rings. The Balaban J connectivity index is 1.57. The van der Waals surface area contributed by atoms with Crippen molar-refractivity contribution in [2.24, 2.45) is 7.05 Å². The lowest BCUT2D eigenvalue weighted by molar-refractivity contribution is 0.101. The van der Waals surface area contributed by atoms with E-state index in [0.717, 1.165) is 5.69 Å². The molecule has 3 heterocycles. The molecule has 0 atom stereocenters. The Labute approximate surface area is 198 Å². The first-order valence-corrected chi connectivity index (χ1v) is 10.7. The maximum atomic E-state index is 13.0. The van der Waals surface area contributed by atoms with Crippen molar-refractivity contribution >= 4 is 46.4 Å². The molecular formula is C21H20Cl2N8O2. The molecule has 10 nitrogen and oxygen atoms in total. The monoisotopic (exact) mass is 486 g/mol. The second-order valence-electron chi connectivity index (χ2n) is 7.19. The lowest BCUT2D eigenvalue weighted by Gasteiger charge is -2.09. The van der Waals surface area contributed by atoms with Gasteiger partial charge in [-0.3, -0.25) is 24.1 Å². The molecule has 2 amide bonds. The number of nitrogens with zero attached hydrogens (tertiary/aromatic N) is 5. The van der Waals surface area contributed by atoms with E-state index in [9.17, 15) is 9.59 Å². The van der Waals surface area contributed by atoms with E-state index in [0.29, 0.717) is 33.5 Å². The van der Waals surface area contributed by atoms with E-state index in [1.54, 1.807) is 42.2 Å². The number of carbonyl (C=O) groups excluding carboxylic acids is 2. The average molecular weight is 487 g/mol. The van der Waals surface area contributed by atoms with Gasteiger partial charge in [0.1, 0.15) is 11.4 Å². The standard InChI is InChI=1S/C21H20Cl2N8O2/c1-4-31-19(21(33)26-17-9-24-30(3)11(17)2)18(10-25-31)27-20(32)16-8-15(28-29-16)13-6-5-12(22)7-14(13)23/h5-10H,4H2,1-3H3,(H,26,33)(H,27,32)(H,28,29). The molecule has 3 N–H and O–H groups in total. The van der Waals surface area contributed by atoms with Crippen LogP contribution in [0.4, 0.5) is 11.4 Å². The van der Waals surface area contributed by atoms with Crippen LogP contribution in [0.3, 0.4) is 0 Å². The molecule has 170 valence electrons. The van der Waals surface area contributed by atoms with Crippen molar-refractivity contribution in [2.45, 2.75) is 20.4 Å². The van der Waals surface area contributed by atoms with Gasteiger partial charge in [0.25, 0.3) is 11.8 Å². The van der Waals surface area contributed by atoms with Gasteiger partial charge in [0.15, 0.2) is 0 Å². The van der Waals surface area contributed by atoms with Crippen LogP contribution in [0.5, 0.6) is 0 Å². The van der Waals surface area contributed by atoms with E-state index >= 15 is 0 Å². The summed E-state index contributed by atoms with van der Waals surface area (Å²) in [5.41, 5.74) is 3.15. The van der Waals surface area contributed by atoms with E-state index < -0.39 is 11.8 Å². The molecule has 0 bridgehead atoms. The van der Waals surface area contributed by atoms with E-state index in [4.69, 9.17) is 23.2 Å². The lowest BCUT2D eigenvalue weighted by atomic mass is 10.1. The third kappa shape index (κ3) is 4.48. The van der Waals surface area contributed by atoms with Crippen LogP contribution in [0.2, 0.25) is 10.0 Å². The van der Waals surface area contributed by atoms with Crippen molar-refractivity contribution in [3.63, 3.8) is 0 Å². The predicted octanol–water partition coefficient (Wildman–Crippen LogP) is 4.15. The summed E-state index contributed by atoms with van der Waals surface area (Å²) in [7, 11) is 1.78. The SMILES string of the molecule is CCn1ncc(NC(=O)c2cc(-c3ccc(Cl)cc3Cl)n[nH]2)c1C(=O)Nc1cnn(C)c1C. The van der Waals surface area contributed by atoms with Crippen molar-refractivity contribution in [3.8, 4) is 11.3 Å². The second-order valence-corrected chi connectivity index (χ2v) is 8.03. The molecular weight excluding hydrogens is 467 g/mol. The van der Waals surface area contributed by atoms with Gasteiger partial charge in [-0.05, 0) is 38.1 Å². The van der Waals surface area contributed by atoms with Crippen molar-refractivity contribution < 1.29 is 9.59 Å². The Morgan fingerprint density at radius 3 is 2.45 bits per heavy atom. The van der Waals surface area contributed by atoms with Crippen LogP contribution in [0.15, 0.2) is 36.7 Å². The first kappa shape index (κ1) is 22.6. The van der Waals surface area contributed by atoms with Gasteiger partial charge >= 0.3 is 0 Å². The Morgan fingerprint density at radius 1 is 1.06 bits per heavy atom. The fourth-order valence-electron chi connectivity index (χ4n) is 3.22. The van der Waals surface area contributed by atoms with Crippen LogP contribution in [-0.4, -0.2) is 41.6 Å². The maximum Gasteiger partial charge on any atom is 0.276 e. The quantitative estimate of drug-likeness (QED) is 0.377. The summed E-state index contributed by atoms with van der Waals surface area (Å²) in [6.45, 7) is 4.13. The average Bonchev–Trinajstić information content (AvgIpc) is 3.49. The summed E-state index contributed by atoms with van der Waals surface area (Å²) in [4.78, 5) is 25.9. The number of aromatic amines is 1. The third-order valence-corrected chi connectivity index (χ3v) is 5.66. The highest BCUT2D eigenvalue weighted by molar-refractivity contribution is 6.36. The number of aromatic nitrogens is 6. The second kappa shape index (κ2) is 9.08. The van der Waals surface area contributed by atoms with Crippen LogP contribution in [-0.2, 0) is 13.6 Å². The minimum atomic E-state index is -0.485. The molecule has 0 aliphatic rings. The zero-order valence-corrected chi connectivity index (χ0v) is 19.5. The van der Waals surface area contributed by atoms with Crippen molar-refractivity contribution in [1.82, 2.24) is 29.8 Å². The Hall–Kier alpha value is -3.63. The number of hydrogen-bond donors (Lipinski definition) is 3. The number of aryl methyl sites for hydroxylation is 2. The number of nitrogens with one attached hydrogen (secondary N) is 3. The maximum absolute atomic E-state index is 13.0. The molecule has 0 fully saturated rings. The normalized spacial score (nSPS) is 10.9. The Morgan fingerprint density at radius 2 is 1.79 bits per heavy atom. The molecule has 33 heavy (non-hydrogen) atoms. The van der Waals surface area contributed by atoms with Crippen LogP contribution >= 0.6 is 23.2 Å². The number of amides is 2. The highest BCUT2D eigenvalue weighted by Crippen LogP contribution is 2.29. The molecule has 0 saturated carbocycles. The number of carbonyl (C=O) groups is 2. The largest absolute Gasteiger partial charge is 0.318 e. The zero-order valence-electron chi connectivity index (χ0n) is 18.0. The molecule has 0 spiro atoms. The topological polar surface area (TPSA) is 123 Å². The van der Waals surface area contributed by atoms with Crippen molar-refractivity contribution in [1.29, 1.82) is 0 Å². The molecule has 4 rings (SSSR count). The smallest absolute Gasteiger partial charge is 0.276 e. The molecule has 0 saturated heterocycles. The van der Waals surface area contributed by atoms with Crippen LogP contribution in [0.25, 0.3) is 11.3 Å². The molecule has 0 aliphatic heterocycles. The number of hydrogen-bond acceptors (Lipinski definition) is 5. The lowest BCUT2D eigenvalue weighted by Crippen LogP contribution is -2.21. The number of rotatable bonds is 6. The molecule has 12 heteroatoms. The molecule has 1 aromatic carbocycles. The fraction of sp³-hybridized carbons (Fsp3) is 0.190. The number of anilines is 2. The summed E-state index contributed by atoms with van der Waals surface area (Å²) < 4.78 is 3.15. The summed E-state index contributed by atoms with van der Waals surface area (Å²) in [6.07, 6.45) is 2.99. The van der Waals surface area contributed by atoms with Gasteiger partial charge in [0.05, 0.1) is 40.2 Å². The van der Waals surface area contributed by atoms with Gasteiger partial charge in [-0.1, -0.05) is 23.2 Å². The molecule has 3 aromatic heterocycles. The first-order chi connectivity index (χ1) is 15.8. The highest BCUT2D eigenvalue weighted by Gasteiger charge is 2.22. The molecule has 0 aliphatic carbocycles. The summed E-state index contributed by atoms with van der Waals surface area (Å²) >= 11 is 12.2. The van der Waals surface area contributed by atoms with Crippen LogP contribution < -0.4 is 10.6 Å². The van der Waals surface area contributed by atoms with Gasteiger partial charge in [-0.25, -0.2) is 0 Å². The summed E-state index contributed by atoms with van der Waals surface area (Å²) in [6, 6.07) is 6.57. The van der Waals surface area contributed by atoms with Gasteiger partial charge < -0.3 is 10.6 Å². The first-order valence-electron chi connectivity index (χ1n) is 9.96. The van der Waals surface area contributed by atoms with E-state index in [2.05, 4.69) is 31.0 Å². The van der Waals surface area contributed by atoms with Gasteiger partial charge in [0, 0.05) is 24.2 Å². The van der Waals surface area contributed by atoms with E-state index in [1.165, 1.54) is 10.9 Å². The Bertz CT molecular complexity index is 1350. The van der Waals surface area contributed by atoms with E-state index in [-0.39, 0.29) is 17.1 Å². The number of benzene rings is 1. The highest BCUT2D eigenvalue weighted by atomic mass is 35.5. The fourth-order valence-corrected chi connectivity index (χ4v) is 3.73. The summed E-state index contributed by atoms with van der Waals surface area (Å²) in [5.74, 6) is -0.903. The number of H-pyrrole nitrogens is 1. The van der Waals surface area contributed by atoms with Crippen molar-refractivity contribution in [3.05, 3.63) is 63.8 Å². The van der Waals surface area contributed by atoms with Crippen molar-refractivity contribution in [2.75, 3.05) is 10.6 Å². The minimum Gasteiger partial charge on any atom is -0.318 e. The zero-order chi connectivity index (χ0) is 23.7. The van der Waals surface area contributed by atoms with Gasteiger partial charge in [-0.15, -0.1) is 0 Å². The third-order valence-electron chi connectivity index (χ3n) is 5.12. The predicted molar refractivity (Wildman–Crippen MR) is 126 cm³/mol. The van der Waals surface area contributed by atoms with Crippen LogP contribution in [0, 0.1) is 6.92 Å².